The van der Waals surface area contributed by atoms with Crippen LogP contribution in [0.1, 0.15) is 355 Å². The van der Waals surface area contributed by atoms with E-state index in [1.165, 1.54) is 225 Å². The normalized spacial score (nSPS) is 12.4. The Labute approximate surface area is 479 Å². The summed E-state index contributed by atoms with van der Waals surface area (Å²) in [6.45, 7) is 6.52. The molecule has 0 aromatic heterocycles. The number of allylic oxidation sites excluding steroid dienone is 10. The largest absolute Gasteiger partial charge is 0.462 e. The molecule has 0 saturated carbocycles. The van der Waals surface area contributed by atoms with E-state index >= 15 is 0 Å². The zero-order chi connectivity index (χ0) is 55.7. The number of carbonyl (C=O) groups is 3. The van der Waals surface area contributed by atoms with Gasteiger partial charge in [-0.3, -0.25) is 14.4 Å². The van der Waals surface area contributed by atoms with Crippen molar-refractivity contribution in [3.05, 3.63) is 60.8 Å². The van der Waals surface area contributed by atoms with Crippen molar-refractivity contribution in [1.29, 1.82) is 0 Å². The van der Waals surface area contributed by atoms with Gasteiger partial charge in [0.2, 0.25) is 0 Å². The van der Waals surface area contributed by atoms with Crippen molar-refractivity contribution in [2.24, 2.45) is 0 Å². The molecule has 1 atom stereocenters. The Hall–Kier alpha value is -2.89. The van der Waals surface area contributed by atoms with Gasteiger partial charge in [0, 0.05) is 19.3 Å². The molecule has 0 fully saturated rings. The maximum atomic E-state index is 12.9. The third-order valence-electron chi connectivity index (χ3n) is 15.0. The maximum absolute atomic E-state index is 12.9. The predicted octanol–water partition coefficient (Wildman–Crippen LogP) is 23.1. The molecule has 0 aliphatic rings. The van der Waals surface area contributed by atoms with Crippen LogP contribution in [0.15, 0.2) is 60.8 Å². The van der Waals surface area contributed by atoms with Gasteiger partial charge in [0.1, 0.15) is 13.2 Å². The number of unbranched alkanes of at least 4 members (excludes halogenated alkanes) is 41. The Bertz CT molecular complexity index is 1380. The van der Waals surface area contributed by atoms with Crippen LogP contribution in [0.25, 0.3) is 0 Å². The second kappa shape index (κ2) is 65.6. The average Bonchev–Trinajstić information content (AvgIpc) is 3.43. The van der Waals surface area contributed by atoms with Crippen LogP contribution in [-0.4, -0.2) is 37.2 Å². The van der Waals surface area contributed by atoms with Crippen LogP contribution in [-0.2, 0) is 28.6 Å². The first-order valence-corrected chi connectivity index (χ1v) is 33.8. The molecule has 6 heteroatoms. The lowest BCUT2D eigenvalue weighted by atomic mass is 10.0. The molecule has 0 aromatic carbocycles. The predicted molar refractivity (Wildman–Crippen MR) is 335 cm³/mol. The van der Waals surface area contributed by atoms with Gasteiger partial charge in [-0.15, -0.1) is 0 Å². The first-order chi connectivity index (χ1) is 38.0. The summed E-state index contributed by atoms with van der Waals surface area (Å²) >= 11 is 0. The Kier molecular flexibility index (Phi) is 63.2. The van der Waals surface area contributed by atoms with Crippen molar-refractivity contribution in [1.82, 2.24) is 0 Å². The van der Waals surface area contributed by atoms with Crippen LogP contribution in [0.2, 0.25) is 0 Å². The standard InChI is InChI=1S/C71H128O6/c1-4-7-10-13-16-18-20-22-24-26-28-30-32-34-36-38-39-41-43-45-47-49-51-53-55-58-61-64-70(73)76-67-68(66-75-69(72)63-60-57-15-12-9-6-3)77-71(74)65-62-59-56-54-52-50-48-46-44-42-40-37-35-33-31-29-27-25-23-21-19-17-14-11-8-5-2/h7,10,16,18,22,24,28,30,34,36,68H,4-6,8-9,11-15,17,19-21,23,25-27,29,31-33,35,37-67H2,1-3H3/b10-7-,18-16-,24-22-,30-28-,36-34-. The first-order valence-electron chi connectivity index (χ1n) is 33.8. The van der Waals surface area contributed by atoms with Gasteiger partial charge in [0.25, 0.3) is 0 Å². The molecule has 0 bridgehead atoms. The molecular weight excluding hydrogens is 949 g/mol. The highest BCUT2D eigenvalue weighted by Crippen LogP contribution is 2.18. The molecule has 0 saturated heterocycles. The van der Waals surface area contributed by atoms with Gasteiger partial charge in [-0.25, -0.2) is 0 Å². The van der Waals surface area contributed by atoms with E-state index in [0.717, 1.165) is 89.9 Å². The van der Waals surface area contributed by atoms with Crippen LogP contribution in [0.5, 0.6) is 0 Å². The average molecular weight is 1080 g/mol. The molecule has 0 spiro atoms. The minimum Gasteiger partial charge on any atom is -0.462 e. The van der Waals surface area contributed by atoms with Crippen LogP contribution in [0.4, 0.5) is 0 Å². The van der Waals surface area contributed by atoms with Crippen molar-refractivity contribution in [2.45, 2.75) is 361 Å². The van der Waals surface area contributed by atoms with Gasteiger partial charge in [0.15, 0.2) is 6.10 Å². The molecule has 0 radical (unpaired) electrons. The number of carbonyl (C=O) groups excluding carboxylic acids is 3. The number of ether oxygens (including phenoxy) is 3. The van der Waals surface area contributed by atoms with E-state index in [9.17, 15) is 14.4 Å². The van der Waals surface area contributed by atoms with Crippen molar-refractivity contribution in [3.8, 4) is 0 Å². The summed E-state index contributed by atoms with van der Waals surface area (Å²) in [4.78, 5) is 38.1. The summed E-state index contributed by atoms with van der Waals surface area (Å²) < 4.78 is 16.8. The van der Waals surface area contributed by atoms with E-state index in [1.54, 1.807) is 0 Å². The smallest absolute Gasteiger partial charge is 0.306 e. The highest BCUT2D eigenvalue weighted by Gasteiger charge is 2.19. The highest BCUT2D eigenvalue weighted by atomic mass is 16.6. The van der Waals surface area contributed by atoms with Crippen molar-refractivity contribution in [2.75, 3.05) is 13.2 Å². The Morgan fingerprint density at radius 2 is 0.506 bits per heavy atom. The number of rotatable bonds is 62. The molecule has 0 amide bonds. The summed E-state index contributed by atoms with van der Waals surface area (Å²) in [5.41, 5.74) is 0. The molecule has 448 valence electrons. The fraction of sp³-hybridized carbons (Fsp3) is 0.817. The van der Waals surface area contributed by atoms with Gasteiger partial charge < -0.3 is 14.2 Å². The summed E-state index contributed by atoms with van der Waals surface area (Å²) in [7, 11) is 0. The van der Waals surface area contributed by atoms with E-state index in [4.69, 9.17) is 14.2 Å². The SMILES string of the molecule is CC/C=C\C/C=C\C/C=C\C/C=C\C/C=C\CCCCCCCCCCCCCC(=O)OCC(COC(=O)CCCCCCCC)OC(=O)CCCCCCCCCCCCCCCCCCCCCCCCCCCC. The second-order valence-electron chi connectivity index (χ2n) is 22.7. The van der Waals surface area contributed by atoms with E-state index in [0.29, 0.717) is 19.3 Å². The second-order valence-corrected chi connectivity index (χ2v) is 22.7. The van der Waals surface area contributed by atoms with E-state index < -0.39 is 6.10 Å². The monoisotopic (exact) mass is 1080 g/mol. The number of hydrogen-bond donors (Lipinski definition) is 0. The Morgan fingerprint density at radius 3 is 0.792 bits per heavy atom. The van der Waals surface area contributed by atoms with E-state index in [-0.39, 0.29) is 31.1 Å². The lowest BCUT2D eigenvalue weighted by Gasteiger charge is -2.18. The maximum Gasteiger partial charge on any atom is 0.306 e. The molecule has 0 rings (SSSR count). The van der Waals surface area contributed by atoms with Gasteiger partial charge in [-0.1, -0.05) is 332 Å². The molecule has 1 unspecified atom stereocenters. The molecule has 0 aliphatic heterocycles. The fourth-order valence-corrected chi connectivity index (χ4v) is 10.0. The molecule has 0 aromatic rings. The summed E-state index contributed by atoms with van der Waals surface area (Å²) in [6.07, 6.45) is 84.3. The highest BCUT2D eigenvalue weighted by molar-refractivity contribution is 5.71. The zero-order valence-corrected chi connectivity index (χ0v) is 51.5. The quantitative estimate of drug-likeness (QED) is 0.0261. The Balaban J connectivity index is 4.03. The molecule has 0 aliphatic carbocycles. The molecule has 77 heavy (non-hydrogen) atoms. The van der Waals surface area contributed by atoms with Crippen LogP contribution in [0, 0.1) is 0 Å². The van der Waals surface area contributed by atoms with E-state index in [1.807, 2.05) is 0 Å². The van der Waals surface area contributed by atoms with Crippen molar-refractivity contribution < 1.29 is 28.6 Å². The minimum absolute atomic E-state index is 0.0711. The first kappa shape index (κ1) is 74.1. The number of hydrogen-bond acceptors (Lipinski definition) is 6. The summed E-state index contributed by atoms with van der Waals surface area (Å²) in [6, 6.07) is 0. The van der Waals surface area contributed by atoms with Crippen LogP contribution >= 0.6 is 0 Å². The third-order valence-corrected chi connectivity index (χ3v) is 15.0. The van der Waals surface area contributed by atoms with Crippen molar-refractivity contribution >= 4 is 17.9 Å². The molecule has 6 nitrogen and oxygen atoms in total. The summed E-state index contributed by atoms with van der Waals surface area (Å²) in [5, 5.41) is 0. The molecule has 0 N–H and O–H groups in total. The number of esters is 3. The topological polar surface area (TPSA) is 78.9 Å². The third kappa shape index (κ3) is 63.8. The van der Waals surface area contributed by atoms with E-state index in [2.05, 4.69) is 81.5 Å². The van der Waals surface area contributed by atoms with Crippen molar-refractivity contribution in [3.63, 3.8) is 0 Å². The lowest BCUT2D eigenvalue weighted by molar-refractivity contribution is -0.167. The molecular formula is C71H128O6. The zero-order valence-electron chi connectivity index (χ0n) is 51.5. The van der Waals surface area contributed by atoms with Crippen LogP contribution in [0.3, 0.4) is 0 Å². The summed E-state index contributed by atoms with van der Waals surface area (Å²) in [5.74, 6) is -0.864. The van der Waals surface area contributed by atoms with Gasteiger partial charge in [-0.05, 0) is 64.2 Å². The van der Waals surface area contributed by atoms with Crippen LogP contribution < -0.4 is 0 Å². The fourth-order valence-electron chi connectivity index (χ4n) is 10.0. The molecule has 0 heterocycles. The van der Waals surface area contributed by atoms with Gasteiger partial charge in [0.05, 0.1) is 0 Å². The van der Waals surface area contributed by atoms with Gasteiger partial charge in [-0.2, -0.15) is 0 Å². The lowest BCUT2D eigenvalue weighted by Crippen LogP contribution is -2.30. The minimum atomic E-state index is -0.770. The van der Waals surface area contributed by atoms with Gasteiger partial charge >= 0.3 is 17.9 Å². The Morgan fingerprint density at radius 1 is 0.273 bits per heavy atom.